The van der Waals surface area contributed by atoms with Crippen LogP contribution < -0.4 is 4.74 Å². The van der Waals surface area contributed by atoms with Crippen LogP contribution in [0.4, 0.5) is 0 Å². The molecule has 21 heavy (non-hydrogen) atoms. The van der Waals surface area contributed by atoms with Crippen LogP contribution in [0.5, 0.6) is 34.5 Å². The Kier molecular flexibility index (Phi) is 2.79. The van der Waals surface area contributed by atoms with Crippen molar-refractivity contribution in [3.8, 4) is 34.5 Å². The van der Waals surface area contributed by atoms with Crippen LogP contribution >= 0.6 is 0 Å². The SMILES string of the molecule is Oc1cc(O)c2c(c1)OCC(c1ccc(O)c(O)c1O)=C2. The van der Waals surface area contributed by atoms with Crippen LogP contribution in [-0.4, -0.2) is 32.1 Å². The van der Waals surface area contributed by atoms with Gasteiger partial charge in [0.05, 0.1) is 5.56 Å². The van der Waals surface area contributed by atoms with Crippen molar-refractivity contribution >= 4 is 11.6 Å². The lowest BCUT2D eigenvalue weighted by Gasteiger charge is -2.20. The number of phenolic OH excluding ortho intramolecular Hbond substituents is 5. The molecule has 1 aliphatic heterocycles. The molecule has 0 unspecified atom stereocenters. The fourth-order valence-corrected chi connectivity index (χ4v) is 2.22. The first-order chi connectivity index (χ1) is 9.97. The molecule has 0 aliphatic carbocycles. The van der Waals surface area contributed by atoms with E-state index in [1.54, 1.807) is 6.08 Å². The van der Waals surface area contributed by atoms with E-state index in [-0.39, 0.29) is 23.7 Å². The standard InChI is InChI=1S/C15H12O6/c16-8-4-12(18)10-3-7(6-21-13(10)5-8)9-1-2-11(17)15(20)14(9)19/h1-5,16-20H,6H2. The van der Waals surface area contributed by atoms with E-state index in [4.69, 9.17) is 4.74 Å². The molecule has 0 atom stereocenters. The highest BCUT2D eigenvalue weighted by molar-refractivity contribution is 5.90. The molecule has 0 amide bonds. The minimum Gasteiger partial charge on any atom is -0.508 e. The van der Waals surface area contributed by atoms with Gasteiger partial charge < -0.3 is 30.3 Å². The summed E-state index contributed by atoms with van der Waals surface area (Å²) in [6.07, 6.45) is 1.58. The van der Waals surface area contributed by atoms with Gasteiger partial charge in [0.25, 0.3) is 0 Å². The molecule has 0 radical (unpaired) electrons. The van der Waals surface area contributed by atoms with Gasteiger partial charge in [-0.2, -0.15) is 0 Å². The highest BCUT2D eigenvalue weighted by atomic mass is 16.5. The molecule has 0 aromatic heterocycles. The summed E-state index contributed by atoms with van der Waals surface area (Å²) in [5.74, 6) is -1.47. The van der Waals surface area contributed by atoms with E-state index in [1.807, 2.05) is 0 Å². The van der Waals surface area contributed by atoms with E-state index in [9.17, 15) is 25.5 Å². The molecule has 0 saturated heterocycles. The van der Waals surface area contributed by atoms with E-state index < -0.39 is 17.2 Å². The molecule has 2 aromatic carbocycles. The first kappa shape index (κ1) is 13.0. The molecule has 6 heteroatoms. The summed E-state index contributed by atoms with van der Waals surface area (Å²) in [6.45, 7) is 0.0771. The van der Waals surface area contributed by atoms with Gasteiger partial charge in [0.15, 0.2) is 11.5 Å². The van der Waals surface area contributed by atoms with Crippen LogP contribution in [0.25, 0.3) is 11.6 Å². The molecule has 0 saturated carbocycles. The van der Waals surface area contributed by atoms with Gasteiger partial charge in [-0.1, -0.05) is 0 Å². The van der Waals surface area contributed by atoms with Gasteiger partial charge in [-0.25, -0.2) is 0 Å². The molecule has 5 N–H and O–H groups in total. The average molecular weight is 288 g/mol. The number of ether oxygens (including phenoxy) is 1. The minimum absolute atomic E-state index is 0.0771. The summed E-state index contributed by atoms with van der Waals surface area (Å²) in [5, 5.41) is 48.0. The van der Waals surface area contributed by atoms with Gasteiger partial charge in [0.2, 0.25) is 5.75 Å². The predicted molar refractivity (Wildman–Crippen MR) is 74.6 cm³/mol. The first-order valence-electron chi connectivity index (χ1n) is 6.11. The lowest BCUT2D eigenvalue weighted by Crippen LogP contribution is -2.07. The molecule has 0 fully saturated rings. The second-order valence-electron chi connectivity index (χ2n) is 4.66. The number of phenols is 5. The Morgan fingerprint density at radius 3 is 2.38 bits per heavy atom. The largest absolute Gasteiger partial charge is 0.508 e. The summed E-state index contributed by atoms with van der Waals surface area (Å²) in [7, 11) is 0. The van der Waals surface area contributed by atoms with Crippen LogP contribution in [0.15, 0.2) is 24.3 Å². The zero-order chi connectivity index (χ0) is 15.1. The molecular weight excluding hydrogens is 276 g/mol. The van der Waals surface area contributed by atoms with E-state index in [0.29, 0.717) is 16.9 Å². The van der Waals surface area contributed by atoms with Crippen molar-refractivity contribution in [2.24, 2.45) is 0 Å². The third-order valence-electron chi connectivity index (χ3n) is 3.28. The van der Waals surface area contributed by atoms with Crippen LogP contribution in [0.2, 0.25) is 0 Å². The predicted octanol–water partition coefficient (Wildman–Crippen LogP) is 2.15. The minimum atomic E-state index is -0.617. The lowest BCUT2D eigenvalue weighted by atomic mass is 9.99. The Balaban J connectivity index is 2.13. The van der Waals surface area contributed by atoms with Crippen molar-refractivity contribution < 1.29 is 30.3 Å². The normalized spacial score (nSPS) is 13.2. The van der Waals surface area contributed by atoms with Crippen molar-refractivity contribution in [1.82, 2.24) is 0 Å². The quantitative estimate of drug-likeness (QED) is 0.514. The summed E-state index contributed by atoms with van der Waals surface area (Å²) in [6, 6.07) is 5.23. The fourth-order valence-electron chi connectivity index (χ4n) is 2.22. The van der Waals surface area contributed by atoms with Gasteiger partial charge in [-0.05, 0) is 18.2 Å². The van der Waals surface area contributed by atoms with Crippen molar-refractivity contribution in [2.45, 2.75) is 0 Å². The van der Waals surface area contributed by atoms with Gasteiger partial charge in [0, 0.05) is 23.3 Å². The van der Waals surface area contributed by atoms with Crippen molar-refractivity contribution in [1.29, 1.82) is 0 Å². The molecule has 0 bridgehead atoms. The average Bonchev–Trinajstić information content (AvgIpc) is 2.45. The van der Waals surface area contributed by atoms with Crippen molar-refractivity contribution in [2.75, 3.05) is 6.61 Å². The Labute approximate surface area is 119 Å². The zero-order valence-corrected chi connectivity index (χ0v) is 10.7. The number of hydrogen-bond acceptors (Lipinski definition) is 6. The maximum atomic E-state index is 9.88. The summed E-state index contributed by atoms with van der Waals surface area (Å²) in [5.41, 5.74) is 1.15. The topological polar surface area (TPSA) is 110 Å². The van der Waals surface area contributed by atoms with E-state index in [2.05, 4.69) is 0 Å². The Bertz CT molecular complexity index is 763. The number of aromatic hydroxyl groups is 5. The zero-order valence-electron chi connectivity index (χ0n) is 10.7. The highest BCUT2D eigenvalue weighted by Crippen LogP contribution is 2.44. The molecule has 1 aliphatic rings. The van der Waals surface area contributed by atoms with Gasteiger partial charge >= 0.3 is 0 Å². The van der Waals surface area contributed by atoms with Crippen molar-refractivity contribution in [3.05, 3.63) is 35.4 Å². The van der Waals surface area contributed by atoms with E-state index in [0.717, 1.165) is 0 Å². The third kappa shape index (κ3) is 2.06. The molecular formula is C15H12O6. The van der Waals surface area contributed by atoms with Gasteiger partial charge in [0.1, 0.15) is 23.9 Å². The van der Waals surface area contributed by atoms with Crippen LogP contribution in [0, 0.1) is 0 Å². The maximum Gasteiger partial charge on any atom is 0.200 e. The summed E-state index contributed by atoms with van der Waals surface area (Å²) < 4.78 is 5.43. The number of benzene rings is 2. The highest BCUT2D eigenvalue weighted by Gasteiger charge is 2.21. The van der Waals surface area contributed by atoms with E-state index in [1.165, 1.54) is 24.3 Å². The lowest BCUT2D eigenvalue weighted by molar-refractivity contribution is 0.352. The second-order valence-corrected chi connectivity index (χ2v) is 4.66. The molecule has 108 valence electrons. The molecule has 6 nitrogen and oxygen atoms in total. The summed E-state index contributed by atoms with van der Waals surface area (Å²) >= 11 is 0. The Morgan fingerprint density at radius 2 is 1.62 bits per heavy atom. The number of fused-ring (bicyclic) bond motifs is 1. The smallest absolute Gasteiger partial charge is 0.200 e. The third-order valence-corrected chi connectivity index (χ3v) is 3.28. The molecule has 1 heterocycles. The number of rotatable bonds is 1. The Hall–Kier alpha value is -3.02. The molecule has 2 aromatic rings. The van der Waals surface area contributed by atoms with Crippen LogP contribution in [0.3, 0.4) is 0 Å². The van der Waals surface area contributed by atoms with Gasteiger partial charge in [-0.3, -0.25) is 0 Å². The molecule has 3 rings (SSSR count). The van der Waals surface area contributed by atoms with Crippen molar-refractivity contribution in [3.63, 3.8) is 0 Å². The van der Waals surface area contributed by atoms with E-state index >= 15 is 0 Å². The molecule has 0 spiro atoms. The Morgan fingerprint density at radius 1 is 0.857 bits per heavy atom. The van der Waals surface area contributed by atoms with Gasteiger partial charge in [-0.15, -0.1) is 0 Å². The monoisotopic (exact) mass is 288 g/mol. The second kappa shape index (κ2) is 4.52. The summed E-state index contributed by atoms with van der Waals surface area (Å²) in [4.78, 5) is 0. The maximum absolute atomic E-state index is 9.88. The van der Waals surface area contributed by atoms with Crippen LogP contribution in [-0.2, 0) is 0 Å². The van der Waals surface area contributed by atoms with Crippen LogP contribution in [0.1, 0.15) is 11.1 Å². The first-order valence-corrected chi connectivity index (χ1v) is 6.11. The number of hydrogen-bond donors (Lipinski definition) is 5. The fraction of sp³-hybridized carbons (Fsp3) is 0.0667.